The van der Waals surface area contributed by atoms with E-state index in [0.717, 1.165) is 24.3 Å². The molecule has 0 fully saturated rings. The van der Waals surface area contributed by atoms with Crippen molar-refractivity contribution in [1.82, 2.24) is 10.2 Å². The van der Waals surface area contributed by atoms with E-state index < -0.39 is 0 Å². The van der Waals surface area contributed by atoms with Gasteiger partial charge in [-0.25, -0.2) is 0 Å². The van der Waals surface area contributed by atoms with Gasteiger partial charge in [0.25, 0.3) is 0 Å². The molecule has 2 atom stereocenters. The van der Waals surface area contributed by atoms with Crippen LogP contribution in [-0.4, -0.2) is 44.1 Å². The van der Waals surface area contributed by atoms with Crippen molar-refractivity contribution in [2.24, 2.45) is 5.73 Å². The lowest BCUT2D eigenvalue weighted by molar-refractivity contribution is -0.122. The fourth-order valence-corrected chi connectivity index (χ4v) is 2.54. The predicted octanol–water partition coefficient (Wildman–Crippen LogP) is 1.54. The zero-order valence-electron chi connectivity index (χ0n) is 13.4. The number of rotatable bonds is 8. The third kappa shape index (κ3) is 5.02. The van der Waals surface area contributed by atoms with E-state index in [1.165, 1.54) is 0 Å². The lowest BCUT2D eigenvalue weighted by Gasteiger charge is -2.34. The van der Waals surface area contributed by atoms with Crippen LogP contribution in [-0.2, 0) is 4.79 Å². The van der Waals surface area contributed by atoms with Gasteiger partial charge in [0.2, 0.25) is 5.91 Å². The molecule has 0 aliphatic carbocycles. The standard InChI is InChI=1S/C16H27N3O2/c1-5-9-19(11-15(20)18-3)16(12(2)17)13-7-6-8-14(10-13)21-4/h6-8,10,12,16H,5,9,11,17H2,1-4H3,(H,18,20). The Morgan fingerprint density at radius 3 is 2.71 bits per heavy atom. The zero-order valence-corrected chi connectivity index (χ0v) is 13.4. The average molecular weight is 293 g/mol. The minimum atomic E-state index is -0.0895. The third-order valence-electron chi connectivity index (χ3n) is 3.46. The highest BCUT2D eigenvalue weighted by Gasteiger charge is 2.25. The number of nitrogens with two attached hydrogens (primary N) is 1. The van der Waals surface area contributed by atoms with Crippen LogP contribution < -0.4 is 15.8 Å². The monoisotopic (exact) mass is 293 g/mol. The van der Waals surface area contributed by atoms with E-state index in [1.54, 1.807) is 14.2 Å². The van der Waals surface area contributed by atoms with Crippen molar-refractivity contribution in [2.45, 2.75) is 32.4 Å². The molecule has 0 aromatic heterocycles. The number of carbonyl (C=O) groups excluding carboxylic acids is 1. The number of ether oxygens (including phenoxy) is 1. The normalized spacial score (nSPS) is 13.8. The van der Waals surface area contributed by atoms with Gasteiger partial charge < -0.3 is 15.8 Å². The van der Waals surface area contributed by atoms with Gasteiger partial charge in [-0.3, -0.25) is 9.69 Å². The van der Waals surface area contributed by atoms with E-state index in [9.17, 15) is 4.79 Å². The molecule has 0 saturated heterocycles. The van der Waals surface area contributed by atoms with Gasteiger partial charge in [0.1, 0.15) is 5.75 Å². The first-order chi connectivity index (χ1) is 10.0. The highest BCUT2D eigenvalue weighted by Crippen LogP contribution is 2.26. The van der Waals surface area contributed by atoms with Crippen LogP contribution in [0.15, 0.2) is 24.3 Å². The summed E-state index contributed by atoms with van der Waals surface area (Å²) >= 11 is 0. The van der Waals surface area contributed by atoms with Crippen LogP contribution in [0.4, 0.5) is 0 Å². The molecule has 0 heterocycles. The van der Waals surface area contributed by atoms with Gasteiger partial charge in [0, 0.05) is 13.1 Å². The van der Waals surface area contributed by atoms with Crippen molar-refractivity contribution in [3.8, 4) is 5.75 Å². The molecule has 0 saturated carbocycles. The summed E-state index contributed by atoms with van der Waals surface area (Å²) in [5.74, 6) is 0.798. The van der Waals surface area contributed by atoms with E-state index in [0.29, 0.717) is 6.54 Å². The molecule has 0 aliphatic rings. The summed E-state index contributed by atoms with van der Waals surface area (Å²) in [6.45, 7) is 5.22. The highest BCUT2D eigenvalue weighted by atomic mass is 16.5. The Hall–Kier alpha value is -1.59. The number of benzene rings is 1. The number of hydrogen-bond donors (Lipinski definition) is 2. The Labute approximate surface area is 127 Å². The van der Waals surface area contributed by atoms with E-state index in [4.69, 9.17) is 10.5 Å². The topological polar surface area (TPSA) is 67.6 Å². The van der Waals surface area contributed by atoms with E-state index in [1.807, 2.05) is 31.2 Å². The van der Waals surface area contributed by atoms with Gasteiger partial charge in [-0.05, 0) is 37.6 Å². The average Bonchev–Trinajstić information content (AvgIpc) is 2.47. The van der Waals surface area contributed by atoms with Crippen LogP contribution in [0.2, 0.25) is 0 Å². The molecule has 5 heteroatoms. The molecule has 118 valence electrons. The molecule has 3 N–H and O–H groups in total. The first-order valence-corrected chi connectivity index (χ1v) is 7.37. The van der Waals surface area contributed by atoms with E-state index in [-0.39, 0.29) is 18.0 Å². The van der Waals surface area contributed by atoms with Gasteiger partial charge in [-0.1, -0.05) is 19.1 Å². The molecule has 0 radical (unpaired) electrons. The van der Waals surface area contributed by atoms with Gasteiger partial charge >= 0.3 is 0 Å². The van der Waals surface area contributed by atoms with Crippen molar-refractivity contribution in [1.29, 1.82) is 0 Å². The maximum Gasteiger partial charge on any atom is 0.233 e. The molecule has 21 heavy (non-hydrogen) atoms. The van der Waals surface area contributed by atoms with E-state index in [2.05, 4.69) is 17.1 Å². The summed E-state index contributed by atoms with van der Waals surface area (Å²) < 4.78 is 5.29. The quantitative estimate of drug-likeness (QED) is 0.763. The van der Waals surface area contributed by atoms with Gasteiger partial charge in [-0.15, -0.1) is 0 Å². The van der Waals surface area contributed by atoms with Gasteiger partial charge in [-0.2, -0.15) is 0 Å². The zero-order chi connectivity index (χ0) is 15.8. The van der Waals surface area contributed by atoms with Crippen molar-refractivity contribution < 1.29 is 9.53 Å². The van der Waals surface area contributed by atoms with Crippen LogP contribution in [0.3, 0.4) is 0 Å². The van der Waals surface area contributed by atoms with Crippen LogP contribution in [0.1, 0.15) is 31.9 Å². The van der Waals surface area contributed by atoms with Gasteiger partial charge in [0.05, 0.1) is 19.7 Å². The Morgan fingerprint density at radius 1 is 1.48 bits per heavy atom. The molecule has 5 nitrogen and oxygen atoms in total. The van der Waals surface area contributed by atoms with Crippen LogP contribution in [0.5, 0.6) is 5.75 Å². The SMILES string of the molecule is CCCN(CC(=O)NC)C(c1cccc(OC)c1)C(C)N. The molecule has 0 bridgehead atoms. The molecule has 0 spiro atoms. The molecule has 1 aromatic carbocycles. The molecule has 1 aromatic rings. The summed E-state index contributed by atoms with van der Waals surface area (Å²) in [6, 6.07) is 7.77. The fraction of sp³-hybridized carbons (Fsp3) is 0.562. The van der Waals surface area contributed by atoms with Crippen LogP contribution in [0.25, 0.3) is 0 Å². The Morgan fingerprint density at radius 2 is 2.19 bits per heavy atom. The fourth-order valence-electron chi connectivity index (χ4n) is 2.54. The predicted molar refractivity (Wildman–Crippen MR) is 85.3 cm³/mol. The second-order valence-corrected chi connectivity index (χ2v) is 5.22. The Bertz CT molecular complexity index is 449. The molecule has 1 amide bonds. The van der Waals surface area contributed by atoms with Gasteiger partial charge in [0.15, 0.2) is 0 Å². The maximum atomic E-state index is 11.8. The number of carbonyl (C=O) groups is 1. The number of amides is 1. The van der Waals surface area contributed by atoms with Crippen LogP contribution in [0, 0.1) is 0 Å². The summed E-state index contributed by atoms with van der Waals surface area (Å²) in [5, 5.41) is 2.68. The summed E-state index contributed by atoms with van der Waals surface area (Å²) in [4.78, 5) is 13.9. The number of nitrogens with one attached hydrogen (secondary N) is 1. The number of likely N-dealkylation sites (N-methyl/N-ethyl adjacent to an activating group) is 1. The van der Waals surface area contributed by atoms with Crippen LogP contribution >= 0.6 is 0 Å². The molecule has 2 unspecified atom stereocenters. The third-order valence-corrected chi connectivity index (χ3v) is 3.46. The summed E-state index contributed by atoms with van der Waals surface area (Å²) in [5.41, 5.74) is 7.27. The lowest BCUT2D eigenvalue weighted by Crippen LogP contribution is -2.44. The second kappa shape index (κ2) is 8.64. The largest absolute Gasteiger partial charge is 0.497 e. The summed E-state index contributed by atoms with van der Waals surface area (Å²) in [6.07, 6.45) is 0.962. The van der Waals surface area contributed by atoms with Crippen molar-refractivity contribution in [2.75, 3.05) is 27.2 Å². The smallest absolute Gasteiger partial charge is 0.233 e. The van der Waals surface area contributed by atoms with E-state index >= 15 is 0 Å². The second-order valence-electron chi connectivity index (χ2n) is 5.22. The van der Waals surface area contributed by atoms with Crippen molar-refractivity contribution >= 4 is 5.91 Å². The molecule has 1 rings (SSSR count). The highest BCUT2D eigenvalue weighted by molar-refractivity contribution is 5.77. The molecular formula is C16H27N3O2. The Balaban J connectivity index is 3.07. The first kappa shape index (κ1) is 17.5. The summed E-state index contributed by atoms with van der Waals surface area (Å²) in [7, 11) is 3.30. The molecular weight excluding hydrogens is 266 g/mol. The maximum absolute atomic E-state index is 11.8. The van der Waals surface area contributed by atoms with Crippen molar-refractivity contribution in [3.05, 3.63) is 29.8 Å². The minimum Gasteiger partial charge on any atom is -0.497 e. The van der Waals surface area contributed by atoms with Crippen molar-refractivity contribution in [3.63, 3.8) is 0 Å². The first-order valence-electron chi connectivity index (χ1n) is 7.37. The molecule has 0 aliphatic heterocycles. The number of methoxy groups -OCH3 is 1. The lowest BCUT2D eigenvalue weighted by atomic mass is 9.98. The number of nitrogens with zero attached hydrogens (tertiary/aromatic N) is 1. The Kier molecular flexibility index (Phi) is 7.19. The number of hydrogen-bond acceptors (Lipinski definition) is 4. The minimum absolute atomic E-state index is 0.00278.